The van der Waals surface area contributed by atoms with Crippen molar-refractivity contribution >= 4 is 69.2 Å². The van der Waals surface area contributed by atoms with Gasteiger partial charge in [-0.2, -0.15) is 0 Å². The number of hydrogen-bond donors (Lipinski definition) is 0. The maximum Gasteiger partial charge on any atom is 0.362 e. The van der Waals surface area contributed by atoms with Gasteiger partial charge in [-0.25, -0.2) is 4.79 Å². The van der Waals surface area contributed by atoms with Gasteiger partial charge in [0.05, 0.1) is 21.4 Å². The maximum absolute atomic E-state index is 12.4. The average Bonchev–Trinajstić information content (AvgIpc) is 3.09. The molecule has 0 saturated heterocycles. The number of ether oxygens (including phenoxy) is 1. The predicted molar refractivity (Wildman–Crippen MR) is 110 cm³/mol. The summed E-state index contributed by atoms with van der Waals surface area (Å²) in [6.45, 7) is 3.89. The molecular formula is C18H16Cl3N2O2S+. The van der Waals surface area contributed by atoms with Crippen LogP contribution in [0.2, 0.25) is 14.4 Å². The van der Waals surface area contributed by atoms with Crippen LogP contribution in [-0.4, -0.2) is 25.3 Å². The molecule has 0 aliphatic carbocycles. The van der Waals surface area contributed by atoms with E-state index in [0.717, 1.165) is 16.1 Å². The molecule has 0 spiro atoms. The number of benzene rings is 1. The van der Waals surface area contributed by atoms with Crippen molar-refractivity contribution in [1.82, 2.24) is 4.59 Å². The number of nitrogens with zero attached hydrogens (tertiary/aromatic N) is 2. The first kappa shape index (κ1) is 19.4. The second kappa shape index (κ2) is 7.33. The zero-order valence-electron chi connectivity index (χ0n) is 14.3. The fourth-order valence-corrected chi connectivity index (χ4v) is 4.80. The number of thiophene rings is 1. The van der Waals surface area contributed by atoms with E-state index in [4.69, 9.17) is 39.5 Å². The minimum absolute atomic E-state index is 0.0210. The third-order valence-corrected chi connectivity index (χ3v) is 5.88. The summed E-state index contributed by atoms with van der Waals surface area (Å²) in [5.74, 6) is -0.461. The lowest BCUT2D eigenvalue weighted by molar-refractivity contribution is -0.135. The van der Waals surface area contributed by atoms with Crippen LogP contribution in [0.1, 0.15) is 18.7 Å². The molecule has 26 heavy (non-hydrogen) atoms. The minimum atomic E-state index is -0.461. The highest BCUT2D eigenvalue weighted by atomic mass is 35.5. The van der Waals surface area contributed by atoms with Crippen LogP contribution in [0.3, 0.4) is 0 Å². The number of hydrogen-bond acceptors (Lipinski definition) is 4. The van der Waals surface area contributed by atoms with Crippen molar-refractivity contribution < 1.29 is 9.53 Å². The molecule has 0 bridgehead atoms. The molecule has 1 aliphatic rings. The molecule has 1 unspecified atom stereocenters. The zero-order valence-corrected chi connectivity index (χ0v) is 17.4. The van der Waals surface area contributed by atoms with E-state index in [1.165, 1.54) is 11.3 Å². The second-order valence-corrected chi connectivity index (χ2v) is 8.36. The Bertz CT molecular complexity index is 952. The zero-order chi connectivity index (χ0) is 19.1. The molecule has 1 aromatic carbocycles. The van der Waals surface area contributed by atoms with E-state index in [9.17, 15) is 4.79 Å². The van der Waals surface area contributed by atoms with Crippen molar-refractivity contribution in [3.05, 3.63) is 55.2 Å². The van der Waals surface area contributed by atoms with Gasteiger partial charge in [0.25, 0.3) is 0 Å². The van der Waals surface area contributed by atoms with Crippen LogP contribution in [-0.2, 0) is 9.53 Å². The molecule has 0 radical (unpaired) electrons. The maximum atomic E-state index is 12.4. The highest BCUT2D eigenvalue weighted by Gasteiger charge is 2.45. The van der Waals surface area contributed by atoms with Crippen LogP contribution < -0.4 is 4.59 Å². The fraction of sp³-hybridized carbons (Fsp3) is 0.222. The predicted octanol–water partition coefficient (Wildman–Crippen LogP) is 6.01. The minimum Gasteiger partial charge on any atom is -0.461 e. The van der Waals surface area contributed by atoms with Gasteiger partial charge >= 0.3 is 5.97 Å². The quantitative estimate of drug-likeness (QED) is 0.440. The summed E-state index contributed by atoms with van der Waals surface area (Å²) in [5.41, 5.74) is 2.54. The van der Waals surface area contributed by atoms with Gasteiger partial charge in [-0.1, -0.05) is 39.9 Å². The van der Waals surface area contributed by atoms with Gasteiger partial charge in [0.1, 0.15) is 12.1 Å². The first-order valence-electron chi connectivity index (χ1n) is 7.85. The van der Waals surface area contributed by atoms with Crippen molar-refractivity contribution in [1.29, 1.82) is 0 Å². The van der Waals surface area contributed by atoms with Gasteiger partial charge in [0, 0.05) is 11.1 Å². The normalized spacial score (nSPS) is 19.7. The summed E-state index contributed by atoms with van der Waals surface area (Å²) in [6, 6.07) is 8.95. The monoisotopic (exact) mass is 429 g/mol. The van der Waals surface area contributed by atoms with Gasteiger partial charge in [-0.05, 0) is 38.1 Å². The molecule has 0 saturated carbocycles. The van der Waals surface area contributed by atoms with Crippen LogP contribution in [0.25, 0.3) is 5.70 Å². The number of quaternary nitrogens is 1. The number of rotatable bonds is 4. The first-order chi connectivity index (χ1) is 12.3. The molecule has 4 nitrogen and oxygen atoms in total. The van der Waals surface area contributed by atoms with Crippen LogP contribution >= 0.6 is 46.1 Å². The molecular weight excluding hydrogens is 415 g/mol. The molecule has 2 heterocycles. The molecule has 0 N–H and O–H groups in total. The lowest BCUT2D eigenvalue weighted by atomic mass is 10.1. The molecule has 8 heteroatoms. The van der Waals surface area contributed by atoms with Gasteiger partial charge in [0.2, 0.25) is 5.71 Å². The van der Waals surface area contributed by atoms with Crippen molar-refractivity contribution in [2.75, 3.05) is 13.7 Å². The standard InChI is InChI=1S/C18H16Cl3N2O2S/c1-4-25-18(24)16-10(2)17(14-7-8-15(21)26-14)23(3,22-16)13-6-5-11(19)9-12(13)20/h5-9H,4H2,1-3H3/q+1. The number of halogens is 3. The Morgan fingerprint density at radius 3 is 2.54 bits per heavy atom. The van der Waals surface area contributed by atoms with Crippen LogP contribution in [0.5, 0.6) is 0 Å². The number of carbonyl (C=O) groups is 1. The highest BCUT2D eigenvalue weighted by Crippen LogP contribution is 2.46. The summed E-state index contributed by atoms with van der Waals surface area (Å²) in [6.07, 6.45) is 0. The Morgan fingerprint density at radius 1 is 1.23 bits per heavy atom. The molecule has 3 rings (SSSR count). The lowest BCUT2D eigenvalue weighted by Gasteiger charge is -2.26. The molecule has 2 aromatic rings. The summed E-state index contributed by atoms with van der Waals surface area (Å²) >= 11 is 20.1. The van der Waals surface area contributed by atoms with Gasteiger partial charge < -0.3 is 4.74 Å². The molecule has 1 aromatic heterocycles. The molecule has 136 valence electrons. The lowest BCUT2D eigenvalue weighted by Crippen LogP contribution is -2.35. The van der Waals surface area contributed by atoms with E-state index in [1.807, 2.05) is 32.2 Å². The second-order valence-electron chi connectivity index (χ2n) is 5.80. The van der Waals surface area contributed by atoms with Gasteiger partial charge in [0.15, 0.2) is 11.4 Å². The Morgan fingerprint density at radius 2 is 1.96 bits per heavy atom. The largest absolute Gasteiger partial charge is 0.461 e. The van der Waals surface area contributed by atoms with Crippen molar-refractivity contribution in [2.24, 2.45) is 5.10 Å². The summed E-state index contributed by atoms with van der Waals surface area (Å²) in [7, 11) is 1.87. The topological polar surface area (TPSA) is 38.7 Å². The third kappa shape index (κ3) is 3.30. The average molecular weight is 431 g/mol. The molecule has 0 amide bonds. The van der Waals surface area contributed by atoms with Gasteiger partial charge in [-0.3, -0.25) is 0 Å². The first-order valence-corrected chi connectivity index (χ1v) is 9.80. The SMILES string of the molecule is CCOC(=O)C1=N[N+](C)(c2ccc(Cl)cc2Cl)C(c2ccc(Cl)s2)=C1C. The Kier molecular flexibility index (Phi) is 5.47. The van der Waals surface area contributed by atoms with E-state index in [2.05, 4.69) is 5.10 Å². The van der Waals surface area contributed by atoms with E-state index in [1.54, 1.807) is 19.1 Å². The van der Waals surface area contributed by atoms with E-state index < -0.39 is 5.97 Å². The molecule has 1 aliphatic heterocycles. The van der Waals surface area contributed by atoms with E-state index in [-0.39, 0.29) is 16.9 Å². The van der Waals surface area contributed by atoms with Gasteiger partial charge in [-0.15, -0.1) is 15.9 Å². The van der Waals surface area contributed by atoms with Crippen LogP contribution in [0.4, 0.5) is 5.69 Å². The Hall–Kier alpha value is -1.37. The Balaban J connectivity index is 2.24. The third-order valence-electron chi connectivity index (χ3n) is 4.10. The summed E-state index contributed by atoms with van der Waals surface area (Å²) in [4.78, 5) is 13.3. The van der Waals surface area contributed by atoms with Crippen molar-refractivity contribution in [2.45, 2.75) is 13.8 Å². The number of carbonyl (C=O) groups excluding carboxylic acids is 1. The summed E-state index contributed by atoms with van der Waals surface area (Å²) < 4.78 is 5.80. The van der Waals surface area contributed by atoms with Crippen LogP contribution in [0.15, 0.2) is 41.0 Å². The summed E-state index contributed by atoms with van der Waals surface area (Å²) in [5, 5.41) is 5.68. The van der Waals surface area contributed by atoms with Crippen molar-refractivity contribution in [3.63, 3.8) is 0 Å². The van der Waals surface area contributed by atoms with E-state index in [0.29, 0.717) is 20.1 Å². The molecule has 0 fully saturated rings. The smallest absolute Gasteiger partial charge is 0.362 e. The number of esters is 1. The molecule has 1 atom stereocenters. The van der Waals surface area contributed by atoms with E-state index >= 15 is 0 Å². The highest BCUT2D eigenvalue weighted by molar-refractivity contribution is 7.17. The Labute approximate surface area is 170 Å². The van der Waals surface area contributed by atoms with Crippen LogP contribution in [0, 0.1) is 0 Å². The fourth-order valence-electron chi connectivity index (χ4n) is 3.01. The van der Waals surface area contributed by atoms with Crippen molar-refractivity contribution in [3.8, 4) is 0 Å².